The number of halogens is 4. The van der Waals surface area contributed by atoms with Gasteiger partial charge in [0.05, 0.1) is 18.1 Å². The number of benzene rings is 4. The van der Waals surface area contributed by atoms with E-state index in [0.29, 0.717) is 13.1 Å². The number of nitrogens with zero attached hydrogens (tertiary/aromatic N) is 6. The molecule has 0 amide bonds. The van der Waals surface area contributed by atoms with Crippen molar-refractivity contribution in [2.24, 2.45) is 0 Å². The molecule has 6 aromatic rings. The molecule has 0 spiro atoms. The molecule has 2 heterocycles. The molecule has 4 aromatic carbocycles. The van der Waals surface area contributed by atoms with Gasteiger partial charge in [-0.25, -0.2) is 18.4 Å². The average Bonchev–Trinajstić information content (AvgIpc) is 3.68. The summed E-state index contributed by atoms with van der Waals surface area (Å²) in [5.41, 5.74) is 2.15. The van der Waals surface area contributed by atoms with Gasteiger partial charge in [-0.2, -0.15) is 10.2 Å². The third kappa shape index (κ3) is 6.45. The van der Waals surface area contributed by atoms with Crippen molar-refractivity contribution in [1.29, 1.82) is 0 Å². The van der Waals surface area contributed by atoms with Crippen molar-refractivity contribution < 1.29 is 13.9 Å². The van der Waals surface area contributed by atoms with Crippen molar-refractivity contribution in [3.63, 3.8) is 0 Å². The summed E-state index contributed by atoms with van der Waals surface area (Å²) in [4.78, 5) is 6.25. The first-order valence-electron chi connectivity index (χ1n) is 13.9. The van der Waals surface area contributed by atoms with Gasteiger partial charge in [-0.3, -0.25) is 4.68 Å². The lowest BCUT2D eigenvalue weighted by molar-refractivity contribution is -0.0366. The molecule has 0 radical (unpaired) electrons. The minimum Gasteiger partial charge on any atom is -0.381 e. The second-order valence-corrected chi connectivity index (χ2v) is 12.6. The van der Waals surface area contributed by atoms with Crippen LogP contribution < -0.4 is 4.90 Å². The Balaban J connectivity index is 1.36. The van der Waals surface area contributed by atoms with Gasteiger partial charge in [0, 0.05) is 50.9 Å². The van der Waals surface area contributed by atoms with E-state index in [1.54, 1.807) is 11.6 Å². The number of fused-ring (bicyclic) bond motifs is 1. The van der Waals surface area contributed by atoms with Gasteiger partial charge in [0.15, 0.2) is 0 Å². The summed E-state index contributed by atoms with van der Waals surface area (Å²) in [5, 5.41) is 21.8. The van der Waals surface area contributed by atoms with Gasteiger partial charge in [-0.1, -0.05) is 62.2 Å². The Hall–Kier alpha value is -3.93. The number of hydrogen-bond donors (Lipinski definition) is 1. The number of rotatable bonds is 10. The lowest BCUT2D eigenvalue weighted by atomic mass is 9.86. The van der Waals surface area contributed by atoms with Crippen molar-refractivity contribution in [1.82, 2.24) is 24.5 Å². The number of hydrogen-bond acceptors (Lipinski definition) is 5. The van der Waals surface area contributed by atoms with E-state index in [-0.39, 0.29) is 12.1 Å². The molecule has 0 bridgehead atoms. The summed E-state index contributed by atoms with van der Waals surface area (Å²) in [6.07, 6.45) is 4.62. The quantitative estimate of drug-likeness (QED) is 0.157. The molecule has 0 saturated carbocycles. The van der Waals surface area contributed by atoms with Gasteiger partial charge < -0.3 is 10.0 Å². The van der Waals surface area contributed by atoms with E-state index >= 15 is 4.39 Å². The number of aromatic nitrogens is 5. The van der Waals surface area contributed by atoms with E-state index in [4.69, 9.17) is 5.10 Å². The molecule has 0 aliphatic carbocycles. The number of aliphatic hydroxyl groups is 1. The zero-order valence-corrected chi connectivity index (χ0v) is 26.8. The predicted octanol–water partition coefficient (Wildman–Crippen LogP) is 7.79. The highest BCUT2D eigenvalue weighted by atomic mass is 79.9. The molecule has 6 rings (SSSR count). The second kappa shape index (κ2) is 12.6. The van der Waals surface area contributed by atoms with Crippen LogP contribution >= 0.6 is 31.9 Å². The van der Waals surface area contributed by atoms with Gasteiger partial charge in [-0.15, -0.1) is 0 Å². The first-order chi connectivity index (χ1) is 21.2. The molecule has 0 fully saturated rings. The molecule has 0 aliphatic heterocycles. The van der Waals surface area contributed by atoms with Gasteiger partial charge in [-0.05, 0) is 66.6 Å². The van der Waals surface area contributed by atoms with Crippen molar-refractivity contribution >= 4 is 48.5 Å². The molecule has 0 saturated heterocycles. The fourth-order valence-electron chi connectivity index (χ4n) is 5.35. The van der Waals surface area contributed by atoms with E-state index < -0.39 is 23.3 Å². The maximum absolute atomic E-state index is 15.1. The molecule has 2 aromatic heterocycles. The third-order valence-corrected chi connectivity index (χ3v) is 8.86. The summed E-state index contributed by atoms with van der Waals surface area (Å²) in [5.74, 6) is -1.58. The fraction of sp³-hybridized carbons (Fsp3) is 0.182. The monoisotopic (exact) mass is 720 g/mol. The van der Waals surface area contributed by atoms with E-state index in [0.717, 1.165) is 48.8 Å². The van der Waals surface area contributed by atoms with E-state index in [2.05, 4.69) is 77.2 Å². The molecule has 224 valence electrons. The van der Waals surface area contributed by atoms with Crippen LogP contribution in [0, 0.1) is 11.6 Å². The lowest BCUT2D eigenvalue weighted by Gasteiger charge is -2.34. The smallest absolute Gasteiger partial charge is 0.137 e. The molecule has 7 nitrogen and oxygen atoms in total. The first-order valence-corrected chi connectivity index (χ1v) is 15.5. The van der Waals surface area contributed by atoms with Crippen molar-refractivity contribution in [2.45, 2.75) is 38.2 Å². The van der Waals surface area contributed by atoms with Crippen LogP contribution in [0.25, 0.3) is 10.9 Å². The van der Waals surface area contributed by atoms with Crippen molar-refractivity contribution in [2.75, 3.05) is 4.90 Å². The average molecular weight is 722 g/mol. The number of anilines is 1. The zero-order chi connectivity index (χ0) is 30.8. The van der Waals surface area contributed by atoms with E-state index in [1.807, 2.05) is 42.6 Å². The molecule has 0 unspecified atom stereocenters. The van der Waals surface area contributed by atoms with Gasteiger partial charge in [0.2, 0.25) is 0 Å². The van der Waals surface area contributed by atoms with Crippen molar-refractivity contribution in [3.8, 4) is 0 Å². The second-order valence-electron chi connectivity index (χ2n) is 10.8. The Labute approximate surface area is 270 Å². The SMILES string of the molecule is C[C@@H](n1cc2cc(N(Cc3ccc(Br)cc3)Cc3ccc(Br)cc3)ccc2n1)[C@](O)(Cn1cncn1)c1ccc(F)cc1F. The van der Waals surface area contributed by atoms with Crippen LogP contribution in [-0.2, 0) is 25.2 Å². The Morgan fingerprint density at radius 2 is 1.55 bits per heavy atom. The molecule has 2 atom stereocenters. The standard InChI is InChI=1S/C33H28Br2F2N6O/c1-22(33(44,19-42-21-38-20-39-42)30-12-10-28(36)15-31(30)37)43-18-25-14-29(11-13-32(25)40-43)41(16-23-2-6-26(34)7-3-23)17-24-4-8-27(35)9-5-24/h2-15,18,20-22,44H,16-17,19H2,1H3/t22-,33-/m1/s1. The normalized spacial score (nSPS) is 13.6. The van der Waals surface area contributed by atoms with Crippen LogP contribution in [0.15, 0.2) is 113 Å². The van der Waals surface area contributed by atoms with Crippen LogP contribution in [-0.4, -0.2) is 29.7 Å². The van der Waals surface area contributed by atoms with Crippen LogP contribution in [0.2, 0.25) is 0 Å². The van der Waals surface area contributed by atoms with Gasteiger partial charge in [0.25, 0.3) is 0 Å². The highest BCUT2D eigenvalue weighted by Gasteiger charge is 2.41. The highest BCUT2D eigenvalue weighted by Crippen LogP contribution is 2.37. The lowest BCUT2D eigenvalue weighted by Crippen LogP contribution is -2.40. The minimum absolute atomic E-state index is 0.0580. The Morgan fingerprint density at radius 3 is 2.14 bits per heavy atom. The molecular weight excluding hydrogens is 694 g/mol. The predicted molar refractivity (Wildman–Crippen MR) is 173 cm³/mol. The molecule has 11 heteroatoms. The van der Waals surface area contributed by atoms with E-state index in [9.17, 15) is 9.50 Å². The largest absolute Gasteiger partial charge is 0.381 e. The third-order valence-electron chi connectivity index (χ3n) is 7.80. The van der Waals surface area contributed by atoms with Crippen LogP contribution in [0.3, 0.4) is 0 Å². The van der Waals surface area contributed by atoms with Crippen LogP contribution in [0.1, 0.15) is 29.7 Å². The highest BCUT2D eigenvalue weighted by molar-refractivity contribution is 9.10. The maximum Gasteiger partial charge on any atom is 0.137 e. The molecular formula is C33H28Br2F2N6O. The van der Waals surface area contributed by atoms with Gasteiger partial charge in [0.1, 0.15) is 29.9 Å². The Bertz CT molecular complexity index is 1830. The van der Waals surface area contributed by atoms with Gasteiger partial charge >= 0.3 is 0 Å². The summed E-state index contributed by atoms with van der Waals surface area (Å²) >= 11 is 7.04. The summed E-state index contributed by atoms with van der Waals surface area (Å²) < 4.78 is 34.0. The van der Waals surface area contributed by atoms with Crippen LogP contribution in [0.4, 0.5) is 14.5 Å². The zero-order valence-electron chi connectivity index (χ0n) is 23.7. The topological polar surface area (TPSA) is 72.0 Å². The summed E-state index contributed by atoms with van der Waals surface area (Å²) in [6.45, 7) is 2.99. The van der Waals surface area contributed by atoms with E-state index in [1.165, 1.54) is 23.4 Å². The maximum atomic E-state index is 15.1. The molecule has 1 N–H and O–H groups in total. The summed E-state index contributed by atoms with van der Waals surface area (Å²) in [6, 6.07) is 25.0. The Morgan fingerprint density at radius 1 is 0.886 bits per heavy atom. The van der Waals surface area contributed by atoms with Crippen LogP contribution in [0.5, 0.6) is 0 Å². The van der Waals surface area contributed by atoms with Crippen molar-refractivity contribution in [3.05, 3.63) is 141 Å². The fourth-order valence-corrected chi connectivity index (χ4v) is 5.88. The molecule has 44 heavy (non-hydrogen) atoms. The first kappa shape index (κ1) is 30.1. The minimum atomic E-state index is -1.83. The summed E-state index contributed by atoms with van der Waals surface area (Å²) in [7, 11) is 0. The Kier molecular flexibility index (Phi) is 8.61. The molecule has 0 aliphatic rings.